The van der Waals surface area contributed by atoms with Crippen molar-refractivity contribution in [2.75, 3.05) is 0 Å². The summed E-state index contributed by atoms with van der Waals surface area (Å²) in [5, 5.41) is 0. The van der Waals surface area contributed by atoms with Gasteiger partial charge in [-0.05, 0) is 66.5 Å². The summed E-state index contributed by atoms with van der Waals surface area (Å²) in [5.74, 6) is 1.18. The Balaban J connectivity index is 2.15. The summed E-state index contributed by atoms with van der Waals surface area (Å²) < 4.78 is 0. The lowest BCUT2D eigenvalue weighted by molar-refractivity contribution is 0.379. The second-order valence-corrected chi connectivity index (χ2v) is 11.0. The van der Waals surface area contributed by atoms with Crippen LogP contribution >= 0.6 is 0 Å². The van der Waals surface area contributed by atoms with Gasteiger partial charge in [-0.2, -0.15) is 0 Å². The number of pyridine rings is 2. The third kappa shape index (κ3) is 6.94. The summed E-state index contributed by atoms with van der Waals surface area (Å²) in [6, 6.07) is 9.12. The molecule has 0 aromatic carbocycles. The van der Waals surface area contributed by atoms with Crippen LogP contribution in [-0.4, -0.2) is 9.97 Å². The van der Waals surface area contributed by atoms with Gasteiger partial charge in [-0.25, -0.2) is 0 Å². The molecule has 0 saturated carbocycles. The van der Waals surface area contributed by atoms with Gasteiger partial charge in [0.1, 0.15) is 0 Å². The molecule has 0 amide bonds. The fourth-order valence-corrected chi connectivity index (χ4v) is 3.69. The minimum Gasteiger partial charge on any atom is -0.261 e. The van der Waals surface area contributed by atoms with Gasteiger partial charge in [0.2, 0.25) is 0 Å². The van der Waals surface area contributed by atoms with Crippen LogP contribution in [0.15, 0.2) is 30.5 Å². The fraction of sp³-hybridized carbons (Fsp3) is 0.630. The fourth-order valence-electron chi connectivity index (χ4n) is 3.69. The number of hydrogen-bond acceptors (Lipinski definition) is 2. The Morgan fingerprint density at radius 1 is 0.793 bits per heavy atom. The number of hydrogen-bond donors (Lipinski definition) is 0. The quantitative estimate of drug-likeness (QED) is 0.501. The van der Waals surface area contributed by atoms with Gasteiger partial charge in [0.15, 0.2) is 0 Å². The Morgan fingerprint density at radius 2 is 1.38 bits per heavy atom. The molecule has 0 aliphatic rings. The highest BCUT2D eigenvalue weighted by molar-refractivity contribution is 5.26. The van der Waals surface area contributed by atoms with Crippen molar-refractivity contribution in [2.24, 2.45) is 11.8 Å². The van der Waals surface area contributed by atoms with E-state index in [-0.39, 0.29) is 10.8 Å². The van der Waals surface area contributed by atoms with E-state index < -0.39 is 0 Å². The Hall–Kier alpha value is -1.70. The maximum atomic E-state index is 5.05. The van der Waals surface area contributed by atoms with E-state index in [0.717, 1.165) is 19.3 Å². The van der Waals surface area contributed by atoms with E-state index in [2.05, 4.69) is 91.6 Å². The molecule has 160 valence electrons. The molecule has 29 heavy (non-hydrogen) atoms. The van der Waals surface area contributed by atoms with E-state index >= 15 is 0 Å². The van der Waals surface area contributed by atoms with Crippen LogP contribution in [0.4, 0.5) is 0 Å². The normalized spacial score (nSPS) is 14.7. The molecule has 0 aliphatic heterocycles. The van der Waals surface area contributed by atoms with Crippen LogP contribution < -0.4 is 0 Å². The molecule has 0 fully saturated rings. The summed E-state index contributed by atoms with van der Waals surface area (Å²) in [4.78, 5) is 9.63. The van der Waals surface area contributed by atoms with E-state index in [9.17, 15) is 0 Å². The third-order valence-electron chi connectivity index (χ3n) is 5.90. The van der Waals surface area contributed by atoms with Crippen LogP contribution in [0.2, 0.25) is 0 Å². The van der Waals surface area contributed by atoms with Gasteiger partial charge in [0.25, 0.3) is 0 Å². The van der Waals surface area contributed by atoms with Crippen molar-refractivity contribution in [3.8, 4) is 0 Å². The number of nitrogens with zero attached hydrogens (tertiary/aromatic N) is 2. The van der Waals surface area contributed by atoms with Gasteiger partial charge in [0, 0.05) is 34.1 Å². The molecule has 0 saturated heterocycles. The third-order valence-corrected chi connectivity index (χ3v) is 5.90. The number of rotatable bonds is 7. The molecule has 0 radical (unpaired) electrons. The molecule has 0 spiro atoms. The van der Waals surface area contributed by atoms with E-state index in [0.29, 0.717) is 11.8 Å². The molecule has 2 aromatic rings. The Morgan fingerprint density at radius 3 is 1.97 bits per heavy atom. The summed E-state index contributed by atoms with van der Waals surface area (Å²) in [7, 11) is 0. The highest BCUT2D eigenvalue weighted by atomic mass is 14.7. The van der Waals surface area contributed by atoms with Gasteiger partial charge in [-0.15, -0.1) is 0 Å². The van der Waals surface area contributed by atoms with E-state index in [1.54, 1.807) is 0 Å². The average Bonchev–Trinajstić information content (AvgIpc) is 2.60. The van der Waals surface area contributed by atoms with Gasteiger partial charge >= 0.3 is 0 Å². The van der Waals surface area contributed by atoms with Crippen molar-refractivity contribution in [2.45, 2.75) is 98.8 Å². The molecule has 2 heterocycles. The largest absolute Gasteiger partial charge is 0.261 e. The lowest BCUT2D eigenvalue weighted by atomic mass is 9.84. The van der Waals surface area contributed by atoms with Gasteiger partial charge in [-0.1, -0.05) is 68.7 Å². The predicted molar refractivity (Wildman–Crippen MR) is 126 cm³/mol. The zero-order chi connectivity index (χ0) is 21.8. The average molecular weight is 395 g/mol. The van der Waals surface area contributed by atoms with Crippen molar-refractivity contribution in [1.82, 2.24) is 9.97 Å². The minimum absolute atomic E-state index is 0.0910. The van der Waals surface area contributed by atoms with E-state index in [1.165, 1.54) is 34.6 Å². The molecule has 2 rings (SSSR count). The van der Waals surface area contributed by atoms with E-state index in [1.807, 2.05) is 6.20 Å². The monoisotopic (exact) mass is 394 g/mol. The predicted octanol–water partition coefficient (Wildman–Crippen LogP) is 7.08. The molecule has 0 aliphatic carbocycles. The summed E-state index contributed by atoms with van der Waals surface area (Å²) >= 11 is 0. The maximum absolute atomic E-state index is 5.05. The first-order chi connectivity index (χ1) is 13.4. The van der Waals surface area contributed by atoms with Gasteiger partial charge < -0.3 is 0 Å². The van der Waals surface area contributed by atoms with Crippen molar-refractivity contribution < 1.29 is 0 Å². The Kier molecular flexibility index (Phi) is 7.65. The van der Waals surface area contributed by atoms with Crippen molar-refractivity contribution in [3.05, 3.63) is 58.7 Å². The number of aryl methyl sites for hydroxylation is 1. The first-order valence-corrected chi connectivity index (χ1v) is 11.4. The zero-order valence-corrected chi connectivity index (χ0v) is 20.3. The Labute approximate surface area is 179 Å². The highest BCUT2D eigenvalue weighted by Crippen LogP contribution is 2.27. The maximum Gasteiger partial charge on any atom is 0.0463 e. The van der Waals surface area contributed by atoms with Crippen LogP contribution in [0, 0.1) is 11.8 Å². The van der Waals surface area contributed by atoms with Crippen LogP contribution in [0.3, 0.4) is 0 Å². The first kappa shape index (κ1) is 23.6. The molecule has 2 nitrogen and oxygen atoms in total. The summed E-state index contributed by atoms with van der Waals surface area (Å²) in [6.07, 6.45) is 6.41. The molecule has 2 aromatic heterocycles. The van der Waals surface area contributed by atoms with Crippen molar-refractivity contribution in [3.63, 3.8) is 0 Å². The van der Waals surface area contributed by atoms with Crippen LogP contribution in [-0.2, 0) is 30.1 Å². The highest BCUT2D eigenvalue weighted by Gasteiger charge is 2.20. The molecule has 2 unspecified atom stereocenters. The smallest absolute Gasteiger partial charge is 0.0463 e. The standard InChI is InChI=1S/C27H42N2/c1-10-11-21-16-23(29-25(18-21)27(7,8)9)15-20(3)19(2)14-22-12-13-28-24(17-22)26(4,5)6/h12-13,16-20H,10-11,14-15H2,1-9H3. The summed E-state index contributed by atoms with van der Waals surface area (Å²) in [5.41, 5.74) is 6.68. The Bertz CT molecular complexity index is 793. The molecular weight excluding hydrogens is 352 g/mol. The summed E-state index contributed by atoms with van der Waals surface area (Å²) in [6.45, 7) is 20.5. The van der Waals surface area contributed by atoms with Crippen molar-refractivity contribution in [1.29, 1.82) is 0 Å². The van der Waals surface area contributed by atoms with Gasteiger partial charge in [0.05, 0.1) is 0 Å². The second-order valence-electron chi connectivity index (χ2n) is 11.0. The van der Waals surface area contributed by atoms with Crippen LogP contribution in [0.5, 0.6) is 0 Å². The zero-order valence-electron chi connectivity index (χ0n) is 20.3. The molecule has 2 atom stereocenters. The molecule has 0 bridgehead atoms. The second kappa shape index (κ2) is 9.41. The molecular formula is C27H42N2. The first-order valence-electron chi connectivity index (χ1n) is 11.4. The topological polar surface area (TPSA) is 25.8 Å². The van der Waals surface area contributed by atoms with Crippen LogP contribution in [0.25, 0.3) is 0 Å². The van der Waals surface area contributed by atoms with E-state index in [4.69, 9.17) is 4.98 Å². The van der Waals surface area contributed by atoms with Crippen molar-refractivity contribution >= 4 is 0 Å². The lowest BCUT2D eigenvalue weighted by Gasteiger charge is -2.24. The lowest BCUT2D eigenvalue weighted by Crippen LogP contribution is -2.19. The molecule has 0 N–H and O–H groups in total. The minimum atomic E-state index is 0.0910. The SMILES string of the molecule is CCCc1cc(CC(C)C(C)Cc2ccnc(C(C)(C)C)c2)nc(C(C)(C)C)c1. The number of aromatic nitrogens is 2. The van der Waals surface area contributed by atoms with Gasteiger partial charge in [-0.3, -0.25) is 9.97 Å². The van der Waals surface area contributed by atoms with Crippen LogP contribution in [0.1, 0.15) is 96.9 Å². The molecule has 2 heteroatoms.